The molecule has 2 nitrogen and oxygen atoms in total. The van der Waals surface area contributed by atoms with Gasteiger partial charge in [-0.05, 0) is 31.2 Å². The fraction of sp³-hybridized carbons (Fsp3) is 0.600. The number of hydrogen-bond donors (Lipinski definition) is 1. The van der Waals surface area contributed by atoms with Crippen LogP contribution in [-0.2, 0) is 0 Å². The summed E-state index contributed by atoms with van der Waals surface area (Å²) in [7, 11) is 0. The molecule has 0 aromatic heterocycles. The molecule has 0 bridgehead atoms. The van der Waals surface area contributed by atoms with Gasteiger partial charge in [-0.25, -0.2) is 0 Å². The molecular formula is C15H20O2. The molecule has 1 saturated carbocycles. The molecule has 1 aromatic rings. The summed E-state index contributed by atoms with van der Waals surface area (Å²) in [4.78, 5) is 0. The Morgan fingerprint density at radius 1 is 1.24 bits per heavy atom. The fourth-order valence-corrected chi connectivity index (χ4v) is 3.30. The van der Waals surface area contributed by atoms with E-state index in [0.717, 1.165) is 25.2 Å². The quantitative estimate of drug-likeness (QED) is 0.849. The van der Waals surface area contributed by atoms with Gasteiger partial charge in [-0.1, -0.05) is 31.0 Å². The van der Waals surface area contributed by atoms with Crippen molar-refractivity contribution >= 4 is 0 Å². The Hall–Kier alpha value is -1.02. The second-order valence-electron chi connectivity index (χ2n) is 5.47. The predicted octanol–water partition coefficient (Wildman–Crippen LogP) is 3.10. The van der Waals surface area contributed by atoms with Crippen LogP contribution >= 0.6 is 0 Å². The van der Waals surface area contributed by atoms with Gasteiger partial charge in [0, 0.05) is 11.5 Å². The number of ether oxygens (including phenoxy) is 1. The average molecular weight is 232 g/mol. The van der Waals surface area contributed by atoms with E-state index in [9.17, 15) is 5.11 Å². The molecule has 0 amide bonds. The lowest BCUT2D eigenvalue weighted by molar-refractivity contribution is 0.0946. The van der Waals surface area contributed by atoms with Gasteiger partial charge in [0.1, 0.15) is 5.75 Å². The minimum Gasteiger partial charge on any atom is -0.493 e. The summed E-state index contributed by atoms with van der Waals surface area (Å²) in [5.41, 5.74) is 1.37. The summed E-state index contributed by atoms with van der Waals surface area (Å²) in [5.74, 6) is 2.29. The summed E-state index contributed by atoms with van der Waals surface area (Å²) >= 11 is 0. The largest absolute Gasteiger partial charge is 0.493 e. The summed E-state index contributed by atoms with van der Waals surface area (Å²) in [6, 6.07) is 8.37. The van der Waals surface area contributed by atoms with E-state index in [2.05, 4.69) is 18.2 Å². The molecule has 3 atom stereocenters. The molecule has 2 aliphatic rings. The third-order valence-corrected chi connectivity index (χ3v) is 4.17. The van der Waals surface area contributed by atoms with E-state index in [1.165, 1.54) is 24.8 Å². The second kappa shape index (κ2) is 4.69. The van der Waals surface area contributed by atoms with Crippen molar-refractivity contribution in [1.82, 2.24) is 0 Å². The molecule has 17 heavy (non-hydrogen) atoms. The van der Waals surface area contributed by atoms with Gasteiger partial charge >= 0.3 is 0 Å². The lowest BCUT2D eigenvalue weighted by Crippen LogP contribution is -2.21. The van der Waals surface area contributed by atoms with Gasteiger partial charge < -0.3 is 9.84 Å². The van der Waals surface area contributed by atoms with Crippen LogP contribution in [0.15, 0.2) is 24.3 Å². The Kier molecular flexibility index (Phi) is 3.06. The zero-order valence-corrected chi connectivity index (χ0v) is 10.1. The number of benzene rings is 1. The minimum absolute atomic E-state index is 0.0636. The number of hydrogen-bond acceptors (Lipinski definition) is 2. The van der Waals surface area contributed by atoms with E-state index in [4.69, 9.17) is 4.74 Å². The van der Waals surface area contributed by atoms with Crippen LogP contribution in [0, 0.1) is 5.92 Å². The summed E-state index contributed by atoms with van der Waals surface area (Å²) in [6.07, 6.45) is 5.55. The van der Waals surface area contributed by atoms with Gasteiger partial charge in [0.25, 0.3) is 0 Å². The van der Waals surface area contributed by atoms with Gasteiger partial charge in [0.05, 0.1) is 12.7 Å². The fourth-order valence-electron chi connectivity index (χ4n) is 3.30. The molecule has 1 N–H and O–H groups in total. The zero-order valence-electron chi connectivity index (χ0n) is 10.1. The van der Waals surface area contributed by atoms with Crippen LogP contribution < -0.4 is 4.74 Å². The molecule has 1 fully saturated rings. The zero-order chi connectivity index (χ0) is 11.7. The second-order valence-corrected chi connectivity index (χ2v) is 5.47. The van der Waals surface area contributed by atoms with Crippen molar-refractivity contribution in [3.05, 3.63) is 29.8 Å². The third kappa shape index (κ3) is 2.32. The van der Waals surface area contributed by atoms with Crippen LogP contribution in [0.5, 0.6) is 5.75 Å². The van der Waals surface area contributed by atoms with Crippen molar-refractivity contribution in [2.75, 3.05) is 6.61 Å². The molecule has 1 aromatic carbocycles. The standard InChI is InChI=1S/C15H20O2/c16-13-5-3-4-11(9-13)8-12-10-17-15-7-2-1-6-14(12)15/h1-2,6-7,11-13,16H,3-5,8-10H2. The highest BCUT2D eigenvalue weighted by atomic mass is 16.5. The first-order chi connectivity index (χ1) is 8.33. The maximum atomic E-state index is 9.72. The highest BCUT2D eigenvalue weighted by Crippen LogP contribution is 2.40. The first-order valence-electron chi connectivity index (χ1n) is 6.72. The van der Waals surface area contributed by atoms with E-state index < -0.39 is 0 Å². The smallest absolute Gasteiger partial charge is 0.122 e. The average Bonchev–Trinajstić information content (AvgIpc) is 2.73. The van der Waals surface area contributed by atoms with Crippen LogP contribution in [-0.4, -0.2) is 17.8 Å². The molecule has 1 aliphatic heterocycles. The minimum atomic E-state index is -0.0636. The molecule has 1 aliphatic carbocycles. The van der Waals surface area contributed by atoms with Crippen LogP contribution in [0.2, 0.25) is 0 Å². The van der Waals surface area contributed by atoms with Crippen molar-refractivity contribution in [2.24, 2.45) is 5.92 Å². The van der Waals surface area contributed by atoms with Gasteiger partial charge in [0.2, 0.25) is 0 Å². The summed E-state index contributed by atoms with van der Waals surface area (Å²) in [6.45, 7) is 0.825. The Balaban J connectivity index is 1.67. The number of para-hydroxylation sites is 1. The molecule has 92 valence electrons. The maximum absolute atomic E-state index is 9.72. The number of rotatable bonds is 2. The molecule has 0 saturated heterocycles. The topological polar surface area (TPSA) is 29.5 Å². The van der Waals surface area contributed by atoms with E-state index >= 15 is 0 Å². The van der Waals surface area contributed by atoms with Crippen LogP contribution in [0.25, 0.3) is 0 Å². The SMILES string of the molecule is OC1CCCC(CC2COc3ccccc32)C1. The first-order valence-corrected chi connectivity index (χ1v) is 6.72. The van der Waals surface area contributed by atoms with E-state index in [1.807, 2.05) is 6.07 Å². The first kappa shape index (κ1) is 11.1. The molecule has 3 unspecified atom stereocenters. The number of aliphatic hydroxyl groups is 1. The lowest BCUT2D eigenvalue weighted by atomic mass is 9.80. The van der Waals surface area contributed by atoms with Crippen molar-refractivity contribution in [3.63, 3.8) is 0 Å². The summed E-state index contributed by atoms with van der Waals surface area (Å²) in [5, 5.41) is 9.72. The van der Waals surface area contributed by atoms with Gasteiger partial charge in [-0.2, -0.15) is 0 Å². The van der Waals surface area contributed by atoms with Gasteiger partial charge in [-0.15, -0.1) is 0 Å². The van der Waals surface area contributed by atoms with Crippen molar-refractivity contribution in [2.45, 2.75) is 44.1 Å². The van der Waals surface area contributed by atoms with Crippen molar-refractivity contribution < 1.29 is 9.84 Å². The van der Waals surface area contributed by atoms with Gasteiger partial charge in [0.15, 0.2) is 0 Å². The highest BCUT2D eigenvalue weighted by molar-refractivity contribution is 5.39. The van der Waals surface area contributed by atoms with Crippen molar-refractivity contribution in [3.8, 4) is 5.75 Å². The van der Waals surface area contributed by atoms with E-state index in [1.54, 1.807) is 0 Å². The Morgan fingerprint density at radius 3 is 3.00 bits per heavy atom. The van der Waals surface area contributed by atoms with Crippen molar-refractivity contribution in [1.29, 1.82) is 0 Å². The molecular weight excluding hydrogens is 212 g/mol. The third-order valence-electron chi connectivity index (χ3n) is 4.17. The monoisotopic (exact) mass is 232 g/mol. The molecule has 2 heteroatoms. The van der Waals surface area contributed by atoms with Crippen LogP contribution in [0.1, 0.15) is 43.6 Å². The Bertz CT molecular complexity index is 388. The maximum Gasteiger partial charge on any atom is 0.122 e. The Morgan fingerprint density at radius 2 is 2.12 bits per heavy atom. The van der Waals surface area contributed by atoms with E-state index in [-0.39, 0.29) is 6.10 Å². The normalized spacial score (nSPS) is 31.9. The Labute approximate surface area is 103 Å². The molecule has 1 heterocycles. The van der Waals surface area contributed by atoms with Crippen LogP contribution in [0.3, 0.4) is 0 Å². The molecule has 0 radical (unpaired) electrons. The van der Waals surface area contributed by atoms with Gasteiger partial charge in [-0.3, -0.25) is 0 Å². The predicted molar refractivity (Wildman–Crippen MR) is 67.3 cm³/mol. The van der Waals surface area contributed by atoms with E-state index in [0.29, 0.717) is 11.8 Å². The van der Waals surface area contributed by atoms with Crippen LogP contribution in [0.4, 0.5) is 0 Å². The highest BCUT2D eigenvalue weighted by Gasteiger charge is 2.28. The molecule has 3 rings (SSSR count). The molecule has 0 spiro atoms. The number of fused-ring (bicyclic) bond motifs is 1. The lowest BCUT2D eigenvalue weighted by Gasteiger charge is -2.27. The summed E-state index contributed by atoms with van der Waals surface area (Å²) < 4.78 is 5.72. The number of aliphatic hydroxyl groups excluding tert-OH is 1.